The summed E-state index contributed by atoms with van der Waals surface area (Å²) in [6, 6.07) is 11.2. The molecule has 0 atom stereocenters. The molecule has 1 amide bonds. The van der Waals surface area contributed by atoms with Gasteiger partial charge in [-0.2, -0.15) is 0 Å². The van der Waals surface area contributed by atoms with Crippen LogP contribution in [0.5, 0.6) is 5.75 Å². The van der Waals surface area contributed by atoms with Crippen molar-refractivity contribution in [3.63, 3.8) is 0 Å². The highest BCUT2D eigenvalue weighted by Gasteiger charge is 2.18. The van der Waals surface area contributed by atoms with Crippen LogP contribution in [0.15, 0.2) is 42.5 Å². The van der Waals surface area contributed by atoms with Gasteiger partial charge in [-0.3, -0.25) is 4.79 Å². The van der Waals surface area contributed by atoms with Gasteiger partial charge >= 0.3 is 0 Å². The number of nitrogens with one attached hydrogen (secondary N) is 1. The van der Waals surface area contributed by atoms with E-state index in [0.29, 0.717) is 22.1 Å². The quantitative estimate of drug-likeness (QED) is 0.771. The van der Waals surface area contributed by atoms with E-state index in [0.717, 1.165) is 0 Å². The fourth-order valence-corrected chi connectivity index (χ4v) is 2.51. The summed E-state index contributed by atoms with van der Waals surface area (Å²) < 4.78 is 20.1. The number of halogens is 2. The Kier molecular flexibility index (Phi) is 4.67. The van der Waals surface area contributed by atoms with Crippen molar-refractivity contribution in [1.82, 2.24) is 15.0 Å². The van der Waals surface area contributed by atoms with Crippen LogP contribution < -0.4 is 10.1 Å². The van der Waals surface area contributed by atoms with E-state index in [4.69, 9.17) is 16.3 Å². The van der Waals surface area contributed by atoms with Gasteiger partial charge in [-0.25, -0.2) is 9.07 Å². The highest BCUT2D eigenvalue weighted by Crippen LogP contribution is 2.22. The molecule has 0 spiro atoms. The number of rotatable bonds is 4. The summed E-state index contributed by atoms with van der Waals surface area (Å²) in [7, 11) is 1.37. The van der Waals surface area contributed by atoms with E-state index in [1.54, 1.807) is 31.2 Å². The van der Waals surface area contributed by atoms with Crippen molar-refractivity contribution < 1.29 is 13.9 Å². The molecule has 3 rings (SSSR count). The number of hydrogen-bond donors (Lipinski definition) is 1. The minimum absolute atomic E-state index is 0.0982. The minimum atomic E-state index is -0.570. The van der Waals surface area contributed by atoms with E-state index in [1.165, 1.54) is 30.0 Å². The summed E-state index contributed by atoms with van der Waals surface area (Å²) in [5.41, 5.74) is 1.65. The van der Waals surface area contributed by atoms with E-state index in [2.05, 4.69) is 15.6 Å². The summed E-state index contributed by atoms with van der Waals surface area (Å²) in [5.74, 6) is -0.962. The molecule has 0 saturated heterocycles. The molecule has 3 aromatic rings. The summed E-state index contributed by atoms with van der Waals surface area (Å²) in [6.45, 7) is 1.71. The van der Waals surface area contributed by atoms with Gasteiger partial charge in [0.25, 0.3) is 5.91 Å². The van der Waals surface area contributed by atoms with Crippen molar-refractivity contribution in [3.05, 3.63) is 64.7 Å². The van der Waals surface area contributed by atoms with E-state index in [1.807, 2.05) is 0 Å². The number of anilines is 1. The molecule has 1 heterocycles. The molecular weight excluding hydrogens is 347 g/mol. The fraction of sp³-hybridized carbons (Fsp3) is 0.118. The number of hydrogen-bond acceptors (Lipinski definition) is 4. The minimum Gasteiger partial charge on any atom is -0.494 e. The molecule has 0 aliphatic carbocycles. The van der Waals surface area contributed by atoms with Crippen molar-refractivity contribution in [3.8, 4) is 11.4 Å². The van der Waals surface area contributed by atoms with E-state index < -0.39 is 11.7 Å². The molecular formula is C17H14ClFN4O2. The first-order valence-electron chi connectivity index (χ1n) is 7.32. The molecule has 0 saturated carbocycles. The lowest BCUT2D eigenvalue weighted by Gasteiger charge is -2.07. The monoisotopic (exact) mass is 360 g/mol. The maximum absolute atomic E-state index is 13.7. The first kappa shape index (κ1) is 16.9. The highest BCUT2D eigenvalue weighted by atomic mass is 35.5. The second kappa shape index (κ2) is 6.90. The van der Waals surface area contributed by atoms with Gasteiger partial charge in [0.15, 0.2) is 17.3 Å². The lowest BCUT2D eigenvalue weighted by atomic mass is 10.2. The maximum atomic E-state index is 13.7. The molecule has 0 fully saturated rings. The molecule has 0 radical (unpaired) electrons. The number of aromatic nitrogens is 3. The van der Waals surface area contributed by atoms with Gasteiger partial charge in [0, 0.05) is 16.8 Å². The maximum Gasteiger partial charge on any atom is 0.278 e. The van der Waals surface area contributed by atoms with Gasteiger partial charge in [-0.05, 0) is 37.3 Å². The van der Waals surface area contributed by atoms with Crippen molar-refractivity contribution in [2.24, 2.45) is 0 Å². The van der Waals surface area contributed by atoms with Crippen LogP contribution in [0.25, 0.3) is 5.69 Å². The smallest absolute Gasteiger partial charge is 0.278 e. The number of benzene rings is 2. The highest BCUT2D eigenvalue weighted by molar-refractivity contribution is 6.30. The van der Waals surface area contributed by atoms with Gasteiger partial charge < -0.3 is 10.1 Å². The number of methoxy groups -OCH3 is 1. The summed E-state index contributed by atoms with van der Waals surface area (Å²) in [4.78, 5) is 12.4. The largest absolute Gasteiger partial charge is 0.494 e. The standard InChI is InChI=1S/C17H14ClFN4O2/c1-10-16(21-22-23(10)13-5-3-4-11(18)8-13)17(24)20-12-6-7-15(25-2)14(19)9-12/h3-9H,1-2H3,(H,20,24). The third-order valence-corrected chi connectivity index (χ3v) is 3.81. The van der Waals surface area contributed by atoms with Crippen LogP contribution in [0, 0.1) is 12.7 Å². The van der Waals surface area contributed by atoms with Crippen LogP contribution in [0.3, 0.4) is 0 Å². The topological polar surface area (TPSA) is 69.0 Å². The Balaban J connectivity index is 1.85. The van der Waals surface area contributed by atoms with Gasteiger partial charge in [0.1, 0.15) is 0 Å². The third kappa shape index (κ3) is 3.46. The summed E-state index contributed by atoms with van der Waals surface area (Å²) in [5, 5.41) is 11.0. The fourth-order valence-electron chi connectivity index (χ4n) is 2.33. The zero-order valence-corrected chi connectivity index (χ0v) is 14.2. The average molecular weight is 361 g/mol. The molecule has 0 aliphatic rings. The Morgan fingerprint density at radius 2 is 2.08 bits per heavy atom. The Morgan fingerprint density at radius 1 is 1.28 bits per heavy atom. The van der Waals surface area contributed by atoms with Crippen LogP contribution in [0.2, 0.25) is 5.02 Å². The van der Waals surface area contributed by atoms with Crippen LogP contribution >= 0.6 is 11.6 Å². The second-order valence-electron chi connectivity index (χ2n) is 5.22. The van der Waals surface area contributed by atoms with Crippen molar-refractivity contribution in [1.29, 1.82) is 0 Å². The zero-order chi connectivity index (χ0) is 18.0. The number of carbonyl (C=O) groups is 1. The van der Waals surface area contributed by atoms with Crippen LogP contribution in [-0.2, 0) is 0 Å². The predicted molar refractivity (Wildman–Crippen MR) is 92.0 cm³/mol. The SMILES string of the molecule is COc1ccc(NC(=O)c2nnn(-c3cccc(Cl)c3)c2C)cc1F. The number of nitrogens with zero attached hydrogens (tertiary/aromatic N) is 3. The molecule has 128 valence electrons. The number of carbonyl (C=O) groups excluding carboxylic acids is 1. The lowest BCUT2D eigenvalue weighted by Crippen LogP contribution is -2.14. The van der Waals surface area contributed by atoms with Crippen molar-refractivity contribution in [2.75, 3.05) is 12.4 Å². The van der Waals surface area contributed by atoms with Gasteiger partial charge in [-0.1, -0.05) is 22.9 Å². The molecule has 25 heavy (non-hydrogen) atoms. The average Bonchev–Trinajstić information content (AvgIpc) is 2.96. The summed E-state index contributed by atoms with van der Waals surface area (Å²) in [6.07, 6.45) is 0. The van der Waals surface area contributed by atoms with Gasteiger partial charge in [0.05, 0.1) is 18.5 Å². The normalized spacial score (nSPS) is 10.6. The first-order chi connectivity index (χ1) is 12.0. The van der Waals surface area contributed by atoms with Crippen LogP contribution in [0.1, 0.15) is 16.2 Å². The first-order valence-corrected chi connectivity index (χ1v) is 7.70. The van der Waals surface area contributed by atoms with Crippen LogP contribution in [0.4, 0.5) is 10.1 Å². The van der Waals surface area contributed by atoms with Crippen molar-refractivity contribution >= 4 is 23.2 Å². The Morgan fingerprint density at radius 3 is 2.76 bits per heavy atom. The Hall–Kier alpha value is -2.93. The molecule has 0 unspecified atom stereocenters. The van der Waals surface area contributed by atoms with Crippen LogP contribution in [-0.4, -0.2) is 28.0 Å². The molecule has 1 N–H and O–H groups in total. The Bertz CT molecular complexity index is 942. The third-order valence-electron chi connectivity index (χ3n) is 3.57. The molecule has 8 heteroatoms. The predicted octanol–water partition coefficient (Wildman–Crippen LogP) is 3.63. The van der Waals surface area contributed by atoms with E-state index >= 15 is 0 Å². The second-order valence-corrected chi connectivity index (χ2v) is 5.66. The molecule has 0 aliphatic heterocycles. The lowest BCUT2D eigenvalue weighted by molar-refractivity contribution is 0.102. The number of amides is 1. The molecule has 6 nitrogen and oxygen atoms in total. The van der Waals surface area contributed by atoms with Gasteiger partial charge in [0.2, 0.25) is 0 Å². The molecule has 1 aromatic heterocycles. The molecule has 0 bridgehead atoms. The van der Waals surface area contributed by atoms with E-state index in [9.17, 15) is 9.18 Å². The summed E-state index contributed by atoms with van der Waals surface area (Å²) >= 11 is 5.98. The Labute approximate surface area is 148 Å². The zero-order valence-electron chi connectivity index (χ0n) is 13.5. The van der Waals surface area contributed by atoms with E-state index in [-0.39, 0.29) is 11.4 Å². The van der Waals surface area contributed by atoms with Gasteiger partial charge in [-0.15, -0.1) is 5.10 Å². The number of ether oxygens (including phenoxy) is 1. The van der Waals surface area contributed by atoms with Crippen molar-refractivity contribution in [2.45, 2.75) is 6.92 Å². The molecule has 2 aromatic carbocycles.